The Morgan fingerprint density at radius 3 is 2.71 bits per heavy atom. The van der Waals surface area contributed by atoms with Gasteiger partial charge in [-0.3, -0.25) is 14.6 Å². The number of piperidine rings is 1. The standard InChI is InChI=1S/C16H23N3O2/c1-12(18-13(2)20)16(21)19-8-5-14(6-9-19)10-15-4-3-7-17-11-15/h3-4,7,11-12,14H,5-6,8-10H2,1-2H3,(H,18,20). The van der Waals surface area contributed by atoms with Crippen LogP contribution in [-0.4, -0.2) is 40.8 Å². The van der Waals surface area contributed by atoms with Crippen molar-refractivity contribution in [3.63, 3.8) is 0 Å². The number of hydrogen-bond acceptors (Lipinski definition) is 3. The second kappa shape index (κ2) is 7.20. The van der Waals surface area contributed by atoms with Crippen molar-refractivity contribution in [1.29, 1.82) is 0 Å². The first-order valence-electron chi connectivity index (χ1n) is 7.51. The first-order chi connectivity index (χ1) is 10.1. The number of hydrogen-bond donors (Lipinski definition) is 1. The fraction of sp³-hybridized carbons (Fsp3) is 0.562. The molecule has 1 fully saturated rings. The molecule has 2 rings (SSSR count). The van der Waals surface area contributed by atoms with E-state index < -0.39 is 6.04 Å². The molecule has 2 amide bonds. The number of pyridine rings is 1. The Labute approximate surface area is 125 Å². The van der Waals surface area contributed by atoms with Gasteiger partial charge in [-0.25, -0.2) is 0 Å². The molecule has 0 aromatic carbocycles. The summed E-state index contributed by atoms with van der Waals surface area (Å²) in [6, 6.07) is 3.63. The molecule has 2 heterocycles. The van der Waals surface area contributed by atoms with Crippen LogP contribution in [0.5, 0.6) is 0 Å². The third-order valence-corrected chi connectivity index (χ3v) is 3.96. The SMILES string of the molecule is CC(=O)NC(C)C(=O)N1CCC(Cc2cccnc2)CC1. The number of nitrogens with zero attached hydrogens (tertiary/aromatic N) is 2. The average Bonchev–Trinajstić information content (AvgIpc) is 2.47. The maximum Gasteiger partial charge on any atom is 0.244 e. The lowest BCUT2D eigenvalue weighted by Crippen LogP contribution is -2.49. The molecule has 0 spiro atoms. The molecule has 5 heteroatoms. The Balaban J connectivity index is 1.80. The van der Waals surface area contributed by atoms with E-state index in [-0.39, 0.29) is 11.8 Å². The number of carbonyl (C=O) groups is 2. The summed E-state index contributed by atoms with van der Waals surface area (Å²) >= 11 is 0. The van der Waals surface area contributed by atoms with Crippen LogP contribution in [0.4, 0.5) is 0 Å². The van der Waals surface area contributed by atoms with E-state index >= 15 is 0 Å². The highest BCUT2D eigenvalue weighted by Gasteiger charge is 2.26. The summed E-state index contributed by atoms with van der Waals surface area (Å²) in [5.41, 5.74) is 1.26. The third-order valence-electron chi connectivity index (χ3n) is 3.96. The predicted octanol–water partition coefficient (Wildman–Crippen LogP) is 1.39. The Bertz CT molecular complexity index is 482. The molecule has 0 aliphatic carbocycles. The van der Waals surface area contributed by atoms with E-state index in [1.165, 1.54) is 12.5 Å². The zero-order valence-corrected chi connectivity index (χ0v) is 12.7. The summed E-state index contributed by atoms with van der Waals surface area (Å²) in [7, 11) is 0. The van der Waals surface area contributed by atoms with Gasteiger partial charge in [0.2, 0.25) is 11.8 Å². The van der Waals surface area contributed by atoms with Gasteiger partial charge in [-0.05, 0) is 43.7 Å². The van der Waals surface area contributed by atoms with Crippen LogP contribution < -0.4 is 5.32 Å². The normalized spacial score (nSPS) is 17.3. The van der Waals surface area contributed by atoms with Gasteiger partial charge in [0.25, 0.3) is 0 Å². The van der Waals surface area contributed by atoms with E-state index in [9.17, 15) is 9.59 Å². The van der Waals surface area contributed by atoms with Crippen molar-refractivity contribution in [2.75, 3.05) is 13.1 Å². The molecular weight excluding hydrogens is 266 g/mol. The highest BCUT2D eigenvalue weighted by Crippen LogP contribution is 2.21. The lowest BCUT2D eigenvalue weighted by Gasteiger charge is -2.33. The lowest BCUT2D eigenvalue weighted by atomic mass is 9.90. The predicted molar refractivity (Wildman–Crippen MR) is 80.5 cm³/mol. The van der Waals surface area contributed by atoms with Gasteiger partial charge in [0, 0.05) is 32.4 Å². The molecule has 0 saturated carbocycles. The second-order valence-corrected chi connectivity index (χ2v) is 5.76. The molecule has 1 saturated heterocycles. The van der Waals surface area contributed by atoms with E-state index in [1.54, 1.807) is 13.1 Å². The van der Waals surface area contributed by atoms with Crippen LogP contribution in [0.3, 0.4) is 0 Å². The van der Waals surface area contributed by atoms with Crippen molar-refractivity contribution in [3.8, 4) is 0 Å². The van der Waals surface area contributed by atoms with Crippen molar-refractivity contribution < 1.29 is 9.59 Å². The van der Waals surface area contributed by atoms with Gasteiger partial charge >= 0.3 is 0 Å². The van der Waals surface area contributed by atoms with Crippen molar-refractivity contribution in [3.05, 3.63) is 30.1 Å². The number of carbonyl (C=O) groups excluding carboxylic acids is 2. The van der Waals surface area contributed by atoms with Gasteiger partial charge in [-0.1, -0.05) is 6.07 Å². The Kier molecular flexibility index (Phi) is 5.31. The van der Waals surface area contributed by atoms with Crippen LogP contribution in [0.1, 0.15) is 32.3 Å². The summed E-state index contributed by atoms with van der Waals surface area (Å²) in [5, 5.41) is 2.65. The van der Waals surface area contributed by atoms with Crippen LogP contribution >= 0.6 is 0 Å². The van der Waals surface area contributed by atoms with E-state index in [1.807, 2.05) is 17.2 Å². The van der Waals surface area contributed by atoms with Crippen molar-refractivity contribution in [1.82, 2.24) is 15.2 Å². The second-order valence-electron chi connectivity index (χ2n) is 5.76. The maximum absolute atomic E-state index is 12.2. The molecule has 1 atom stereocenters. The summed E-state index contributed by atoms with van der Waals surface area (Å²) in [6.45, 7) is 4.72. The van der Waals surface area contributed by atoms with E-state index in [4.69, 9.17) is 0 Å². The van der Waals surface area contributed by atoms with Gasteiger partial charge in [0.1, 0.15) is 6.04 Å². The molecule has 1 aliphatic heterocycles. The van der Waals surface area contributed by atoms with E-state index in [0.717, 1.165) is 32.4 Å². The van der Waals surface area contributed by atoms with Crippen LogP contribution in [-0.2, 0) is 16.0 Å². The zero-order valence-electron chi connectivity index (χ0n) is 12.7. The first kappa shape index (κ1) is 15.5. The number of nitrogens with one attached hydrogen (secondary N) is 1. The molecule has 5 nitrogen and oxygen atoms in total. The van der Waals surface area contributed by atoms with E-state index in [0.29, 0.717) is 5.92 Å². The summed E-state index contributed by atoms with van der Waals surface area (Å²) in [6.07, 6.45) is 6.74. The minimum Gasteiger partial charge on any atom is -0.345 e. The molecule has 1 unspecified atom stereocenters. The molecule has 1 aromatic rings. The maximum atomic E-state index is 12.2. The average molecular weight is 289 g/mol. The molecule has 1 aromatic heterocycles. The number of amides is 2. The molecule has 0 radical (unpaired) electrons. The first-order valence-corrected chi connectivity index (χ1v) is 7.51. The fourth-order valence-electron chi connectivity index (χ4n) is 2.85. The number of rotatable bonds is 4. The highest BCUT2D eigenvalue weighted by molar-refractivity contribution is 5.86. The van der Waals surface area contributed by atoms with Crippen LogP contribution in [0.2, 0.25) is 0 Å². The molecule has 0 bridgehead atoms. The third kappa shape index (κ3) is 4.55. The van der Waals surface area contributed by atoms with Crippen molar-refractivity contribution >= 4 is 11.8 Å². The summed E-state index contributed by atoms with van der Waals surface area (Å²) in [5.74, 6) is 0.460. The number of likely N-dealkylation sites (tertiary alicyclic amines) is 1. The molecule has 114 valence electrons. The van der Waals surface area contributed by atoms with Crippen LogP contribution in [0, 0.1) is 5.92 Å². The van der Waals surface area contributed by atoms with Crippen LogP contribution in [0.25, 0.3) is 0 Å². The van der Waals surface area contributed by atoms with E-state index in [2.05, 4.69) is 16.4 Å². The summed E-state index contributed by atoms with van der Waals surface area (Å²) < 4.78 is 0. The molecule has 1 aliphatic rings. The van der Waals surface area contributed by atoms with Crippen molar-refractivity contribution in [2.45, 2.75) is 39.2 Å². The minimum atomic E-state index is -0.433. The lowest BCUT2D eigenvalue weighted by molar-refractivity contribution is -0.136. The Morgan fingerprint density at radius 1 is 1.43 bits per heavy atom. The van der Waals surface area contributed by atoms with Gasteiger partial charge in [0.05, 0.1) is 0 Å². The highest BCUT2D eigenvalue weighted by atomic mass is 16.2. The molecule has 1 N–H and O–H groups in total. The zero-order chi connectivity index (χ0) is 15.2. The number of aromatic nitrogens is 1. The van der Waals surface area contributed by atoms with Gasteiger partial charge in [-0.15, -0.1) is 0 Å². The smallest absolute Gasteiger partial charge is 0.244 e. The largest absolute Gasteiger partial charge is 0.345 e. The monoisotopic (exact) mass is 289 g/mol. The van der Waals surface area contributed by atoms with Gasteiger partial charge in [-0.2, -0.15) is 0 Å². The minimum absolute atomic E-state index is 0.0185. The Hall–Kier alpha value is -1.91. The fourth-order valence-corrected chi connectivity index (χ4v) is 2.85. The summed E-state index contributed by atoms with van der Waals surface area (Å²) in [4.78, 5) is 29.2. The van der Waals surface area contributed by atoms with Crippen molar-refractivity contribution in [2.24, 2.45) is 5.92 Å². The Morgan fingerprint density at radius 2 is 2.14 bits per heavy atom. The topological polar surface area (TPSA) is 62.3 Å². The van der Waals surface area contributed by atoms with Gasteiger partial charge < -0.3 is 10.2 Å². The quantitative estimate of drug-likeness (QED) is 0.911. The van der Waals surface area contributed by atoms with Gasteiger partial charge in [0.15, 0.2) is 0 Å². The van der Waals surface area contributed by atoms with Crippen LogP contribution in [0.15, 0.2) is 24.5 Å². The molecule has 21 heavy (non-hydrogen) atoms. The molecular formula is C16H23N3O2.